The third-order valence-corrected chi connectivity index (χ3v) is 1.56. The summed E-state index contributed by atoms with van der Waals surface area (Å²) in [6, 6.07) is 0. The summed E-state index contributed by atoms with van der Waals surface area (Å²) in [5.41, 5.74) is -1.92. The Bertz CT molecular complexity index is 141. The van der Waals surface area contributed by atoms with E-state index in [9.17, 15) is 17.6 Å². The summed E-state index contributed by atoms with van der Waals surface area (Å²) in [5.74, 6) is -4.01. The molecule has 0 aromatic carbocycles. The van der Waals surface area contributed by atoms with Gasteiger partial charge >= 0.3 is 12.3 Å². The Morgan fingerprint density at radius 3 is 2.00 bits per heavy atom. The van der Waals surface area contributed by atoms with Crippen LogP contribution < -0.4 is 0 Å². The molecule has 0 spiro atoms. The molecule has 1 saturated heterocycles. The van der Waals surface area contributed by atoms with E-state index < -0.39 is 17.9 Å². The Balaban J connectivity index is 2.67. The molecule has 0 saturated carbocycles. The second-order valence-electron chi connectivity index (χ2n) is 2.44. The highest BCUT2D eigenvalue weighted by Crippen LogP contribution is 2.45. The Morgan fingerprint density at radius 1 is 1.50 bits per heavy atom. The lowest BCUT2D eigenvalue weighted by Crippen LogP contribution is -2.41. The molecule has 5 heteroatoms. The maximum atomic E-state index is 12.2. The van der Waals surface area contributed by atoms with Crippen LogP contribution in [0.4, 0.5) is 17.6 Å². The summed E-state index contributed by atoms with van der Waals surface area (Å²) in [6.45, 7) is 0.684. The van der Waals surface area contributed by atoms with Crippen molar-refractivity contribution in [2.24, 2.45) is 0 Å². The molecule has 1 fully saturated rings. The Labute approximate surface area is 55.0 Å². The Hall–Kier alpha value is -0.320. The zero-order valence-corrected chi connectivity index (χ0v) is 5.20. The summed E-state index contributed by atoms with van der Waals surface area (Å²) in [7, 11) is 0. The highest BCUT2D eigenvalue weighted by molar-refractivity contribution is 5.01. The van der Waals surface area contributed by atoms with E-state index in [-0.39, 0.29) is 6.61 Å². The minimum Gasteiger partial charge on any atom is -0.363 e. The van der Waals surface area contributed by atoms with E-state index in [4.69, 9.17) is 0 Å². The van der Waals surface area contributed by atoms with Crippen molar-refractivity contribution in [1.82, 2.24) is 0 Å². The molecular formula is C5H6F4O. The van der Waals surface area contributed by atoms with Gasteiger partial charge in [-0.1, -0.05) is 0 Å². The molecule has 1 rings (SSSR count). The first kappa shape index (κ1) is 7.78. The predicted molar refractivity (Wildman–Crippen MR) is 25.3 cm³/mol. The maximum Gasteiger partial charge on any atom is 0.337 e. The van der Waals surface area contributed by atoms with Crippen LogP contribution in [0.2, 0.25) is 0 Å². The number of halogens is 4. The molecule has 0 aromatic rings. The highest BCUT2D eigenvalue weighted by Gasteiger charge is 2.66. The first-order chi connectivity index (χ1) is 4.40. The fraction of sp³-hybridized carbons (Fsp3) is 1.00. The number of epoxide rings is 1. The fourth-order valence-corrected chi connectivity index (χ4v) is 0.531. The monoisotopic (exact) mass is 158 g/mol. The van der Waals surface area contributed by atoms with Crippen molar-refractivity contribution in [1.29, 1.82) is 0 Å². The predicted octanol–water partition coefficient (Wildman–Crippen LogP) is 1.68. The van der Waals surface area contributed by atoms with E-state index in [0.717, 1.165) is 6.92 Å². The van der Waals surface area contributed by atoms with Crippen LogP contribution in [0, 0.1) is 0 Å². The Morgan fingerprint density at radius 2 is 1.90 bits per heavy atom. The first-order valence-corrected chi connectivity index (χ1v) is 2.70. The average molecular weight is 158 g/mol. The molecular weight excluding hydrogens is 152 g/mol. The van der Waals surface area contributed by atoms with Crippen molar-refractivity contribution in [2.75, 3.05) is 6.61 Å². The molecule has 1 unspecified atom stereocenters. The number of ether oxygens (including phenoxy) is 1. The zero-order chi connectivity index (χ0) is 7.99. The van der Waals surface area contributed by atoms with Crippen molar-refractivity contribution >= 4 is 0 Å². The topological polar surface area (TPSA) is 12.5 Å². The van der Waals surface area contributed by atoms with Crippen LogP contribution >= 0.6 is 0 Å². The number of hydrogen-bond acceptors (Lipinski definition) is 1. The Kier molecular flexibility index (Phi) is 1.43. The van der Waals surface area contributed by atoms with Gasteiger partial charge in [-0.15, -0.1) is 0 Å². The lowest BCUT2D eigenvalue weighted by molar-refractivity contribution is -0.168. The largest absolute Gasteiger partial charge is 0.363 e. The van der Waals surface area contributed by atoms with E-state index in [1.807, 2.05) is 0 Å². The number of hydrogen-bond donors (Lipinski definition) is 0. The van der Waals surface area contributed by atoms with Gasteiger partial charge in [0.25, 0.3) is 0 Å². The lowest BCUT2D eigenvalue weighted by atomic mass is 10.1. The summed E-state index contributed by atoms with van der Waals surface area (Å²) in [4.78, 5) is 0. The molecule has 0 aromatic heterocycles. The van der Waals surface area contributed by atoms with Gasteiger partial charge < -0.3 is 4.74 Å². The van der Waals surface area contributed by atoms with Crippen LogP contribution in [0.1, 0.15) is 6.92 Å². The lowest BCUT2D eigenvalue weighted by Gasteiger charge is -2.18. The van der Waals surface area contributed by atoms with Gasteiger partial charge in [-0.05, 0) is 6.92 Å². The number of alkyl halides is 4. The maximum absolute atomic E-state index is 12.2. The SMILES string of the molecule is CC1(C(F)(F)C(F)F)CO1. The molecule has 0 amide bonds. The van der Waals surface area contributed by atoms with Gasteiger partial charge in [0, 0.05) is 0 Å². The van der Waals surface area contributed by atoms with E-state index in [1.165, 1.54) is 0 Å². The van der Waals surface area contributed by atoms with E-state index in [1.54, 1.807) is 0 Å². The smallest absolute Gasteiger partial charge is 0.337 e. The third kappa shape index (κ3) is 0.885. The van der Waals surface area contributed by atoms with Gasteiger partial charge in [-0.2, -0.15) is 8.78 Å². The minimum atomic E-state index is -4.01. The summed E-state index contributed by atoms with van der Waals surface area (Å²) in [6.07, 6.45) is -3.64. The van der Waals surface area contributed by atoms with Crippen LogP contribution in [0.5, 0.6) is 0 Å². The third-order valence-electron chi connectivity index (χ3n) is 1.56. The second kappa shape index (κ2) is 1.84. The van der Waals surface area contributed by atoms with E-state index in [2.05, 4.69) is 4.74 Å². The van der Waals surface area contributed by atoms with Crippen LogP contribution in [-0.2, 0) is 4.74 Å². The van der Waals surface area contributed by atoms with Crippen LogP contribution in [0.3, 0.4) is 0 Å². The van der Waals surface area contributed by atoms with E-state index >= 15 is 0 Å². The number of rotatable bonds is 2. The van der Waals surface area contributed by atoms with Crippen molar-refractivity contribution < 1.29 is 22.3 Å². The summed E-state index contributed by atoms with van der Waals surface area (Å²) < 4.78 is 51.7. The summed E-state index contributed by atoms with van der Waals surface area (Å²) >= 11 is 0. The van der Waals surface area contributed by atoms with Crippen LogP contribution in [0.25, 0.3) is 0 Å². The van der Waals surface area contributed by atoms with Gasteiger partial charge in [0.05, 0.1) is 6.61 Å². The van der Waals surface area contributed by atoms with Crippen molar-refractivity contribution in [2.45, 2.75) is 24.9 Å². The van der Waals surface area contributed by atoms with Gasteiger partial charge in [0.15, 0.2) is 5.60 Å². The fourth-order valence-electron chi connectivity index (χ4n) is 0.531. The summed E-state index contributed by atoms with van der Waals surface area (Å²) in [5, 5.41) is 0. The highest BCUT2D eigenvalue weighted by atomic mass is 19.3. The molecule has 1 aliphatic heterocycles. The van der Waals surface area contributed by atoms with Gasteiger partial charge in [-0.3, -0.25) is 0 Å². The molecule has 60 valence electrons. The average Bonchev–Trinajstić information content (AvgIpc) is 2.48. The normalized spacial score (nSPS) is 33.0. The molecule has 10 heavy (non-hydrogen) atoms. The van der Waals surface area contributed by atoms with Crippen LogP contribution in [0.15, 0.2) is 0 Å². The molecule has 1 aliphatic rings. The van der Waals surface area contributed by atoms with Gasteiger partial charge in [0.2, 0.25) is 0 Å². The standard InChI is InChI=1S/C5H6F4O/c1-4(2-10-4)5(8,9)3(6)7/h3H,2H2,1H3. The van der Waals surface area contributed by atoms with Gasteiger partial charge in [0.1, 0.15) is 0 Å². The molecule has 1 heterocycles. The molecule has 0 N–H and O–H groups in total. The molecule has 1 atom stereocenters. The molecule has 1 nitrogen and oxygen atoms in total. The van der Waals surface area contributed by atoms with Crippen molar-refractivity contribution in [3.63, 3.8) is 0 Å². The van der Waals surface area contributed by atoms with Crippen molar-refractivity contribution in [3.05, 3.63) is 0 Å². The zero-order valence-electron chi connectivity index (χ0n) is 5.20. The molecule has 0 aliphatic carbocycles. The van der Waals surface area contributed by atoms with Crippen LogP contribution in [-0.4, -0.2) is 24.6 Å². The quantitative estimate of drug-likeness (QED) is 0.440. The molecule has 0 bridgehead atoms. The minimum absolute atomic E-state index is 0.287. The van der Waals surface area contributed by atoms with E-state index in [0.29, 0.717) is 0 Å². The molecule has 0 radical (unpaired) electrons. The van der Waals surface area contributed by atoms with Gasteiger partial charge in [-0.25, -0.2) is 8.78 Å². The first-order valence-electron chi connectivity index (χ1n) is 2.70. The second-order valence-corrected chi connectivity index (χ2v) is 2.44. The van der Waals surface area contributed by atoms with Crippen molar-refractivity contribution in [3.8, 4) is 0 Å².